The second-order valence-corrected chi connectivity index (χ2v) is 9.41. The first kappa shape index (κ1) is 19.6. The molecule has 0 spiro atoms. The molecule has 0 radical (unpaired) electrons. The van der Waals surface area contributed by atoms with Crippen molar-refractivity contribution in [2.24, 2.45) is 5.11 Å². The third-order valence-corrected chi connectivity index (χ3v) is 5.65. The van der Waals surface area contributed by atoms with E-state index in [4.69, 9.17) is 10.3 Å². The molecule has 1 aliphatic heterocycles. The number of halogens is 2. The maximum absolute atomic E-state index is 14.2. The van der Waals surface area contributed by atoms with E-state index >= 15 is 0 Å². The summed E-state index contributed by atoms with van der Waals surface area (Å²) in [5.41, 5.74) is 8.05. The predicted molar refractivity (Wildman–Crippen MR) is 92.6 cm³/mol. The van der Waals surface area contributed by atoms with Crippen molar-refractivity contribution in [3.63, 3.8) is 0 Å². The number of hydrogen-bond donors (Lipinski definition) is 1. The van der Waals surface area contributed by atoms with Gasteiger partial charge in [-0.25, -0.2) is 17.7 Å². The summed E-state index contributed by atoms with van der Waals surface area (Å²) in [5, 5.41) is 3.49. The molecule has 2 rings (SSSR count). The summed E-state index contributed by atoms with van der Waals surface area (Å²) in [6.45, 7) is 8.82. The van der Waals surface area contributed by atoms with Crippen molar-refractivity contribution in [3.8, 4) is 5.75 Å². The zero-order chi connectivity index (χ0) is 19.0. The lowest BCUT2D eigenvalue weighted by Gasteiger charge is -2.25. The van der Waals surface area contributed by atoms with Crippen LogP contribution in [0.1, 0.15) is 51.8 Å². The minimum atomic E-state index is -1.39. The van der Waals surface area contributed by atoms with Crippen LogP contribution in [0.3, 0.4) is 0 Å². The highest BCUT2D eigenvalue weighted by molar-refractivity contribution is 7.84. The van der Waals surface area contributed by atoms with Crippen molar-refractivity contribution in [1.29, 1.82) is 0 Å². The van der Waals surface area contributed by atoms with Gasteiger partial charge in [-0.1, -0.05) is 5.11 Å². The number of hydrogen-bond acceptors (Lipinski definition) is 3. The molecule has 6 nitrogen and oxygen atoms in total. The van der Waals surface area contributed by atoms with Crippen molar-refractivity contribution in [1.82, 2.24) is 4.72 Å². The van der Waals surface area contributed by atoms with Gasteiger partial charge in [0.25, 0.3) is 0 Å². The van der Waals surface area contributed by atoms with Gasteiger partial charge in [0.2, 0.25) is 0 Å². The molecule has 1 aromatic rings. The summed E-state index contributed by atoms with van der Waals surface area (Å²) in [5.74, 6) is -1.73. The van der Waals surface area contributed by atoms with E-state index in [0.29, 0.717) is 5.56 Å². The Hall–Kier alpha value is -1.70. The minimum Gasteiger partial charge on any atom is -0.486 e. The number of nitrogens with one attached hydrogen (secondary N) is 1. The van der Waals surface area contributed by atoms with Gasteiger partial charge in [0.1, 0.15) is 11.4 Å². The van der Waals surface area contributed by atoms with Crippen LogP contribution in [0, 0.1) is 11.6 Å². The summed E-state index contributed by atoms with van der Waals surface area (Å²) in [7, 11) is -1.39. The second kappa shape index (κ2) is 6.90. The third kappa shape index (κ3) is 4.11. The van der Waals surface area contributed by atoms with Crippen LogP contribution in [0.5, 0.6) is 5.75 Å². The van der Waals surface area contributed by atoms with Gasteiger partial charge >= 0.3 is 0 Å². The molecule has 1 aromatic carbocycles. The zero-order valence-electron chi connectivity index (χ0n) is 14.9. The van der Waals surface area contributed by atoms with Gasteiger partial charge in [-0.2, -0.15) is 0 Å². The molecule has 0 amide bonds. The number of ether oxygens (including phenoxy) is 1. The number of fused-ring (bicyclic) bond motifs is 1. The highest BCUT2D eigenvalue weighted by Crippen LogP contribution is 2.43. The van der Waals surface area contributed by atoms with E-state index in [0.717, 1.165) is 6.07 Å². The maximum atomic E-state index is 14.2. The smallest absolute Gasteiger partial charge is 0.165 e. The van der Waals surface area contributed by atoms with Crippen LogP contribution in [-0.2, 0) is 17.4 Å². The van der Waals surface area contributed by atoms with E-state index in [-0.39, 0.29) is 24.3 Å². The maximum Gasteiger partial charge on any atom is 0.165 e. The Kier molecular flexibility index (Phi) is 5.41. The topological polar surface area (TPSA) is 87.1 Å². The van der Waals surface area contributed by atoms with Crippen LogP contribution < -0.4 is 9.46 Å². The number of azide groups is 1. The fourth-order valence-electron chi connectivity index (χ4n) is 2.61. The first-order valence-electron chi connectivity index (χ1n) is 7.87. The SMILES string of the molecule is C[C@@H](NS(=O)C(C)(C)C)c1cc(F)c(F)c2c1OC(C)(CN=[N+]=[N-])C2. The molecule has 1 aliphatic rings. The highest BCUT2D eigenvalue weighted by Gasteiger charge is 2.40. The second-order valence-electron chi connectivity index (χ2n) is 7.41. The van der Waals surface area contributed by atoms with Crippen LogP contribution in [0.25, 0.3) is 10.4 Å². The van der Waals surface area contributed by atoms with Crippen molar-refractivity contribution >= 4 is 11.0 Å². The predicted octanol–water partition coefficient (Wildman–Crippen LogP) is 4.08. The Morgan fingerprint density at radius 1 is 1.52 bits per heavy atom. The Balaban J connectivity index is 2.40. The molecule has 0 bridgehead atoms. The molecule has 9 heteroatoms. The largest absolute Gasteiger partial charge is 0.486 e. The highest BCUT2D eigenvalue weighted by atomic mass is 32.2. The molecule has 1 N–H and O–H groups in total. The molecule has 3 atom stereocenters. The number of nitrogens with zero attached hydrogens (tertiary/aromatic N) is 3. The van der Waals surface area contributed by atoms with E-state index < -0.39 is 39.0 Å². The quantitative estimate of drug-likeness (QED) is 0.479. The van der Waals surface area contributed by atoms with Crippen LogP contribution in [-0.4, -0.2) is 21.1 Å². The molecule has 25 heavy (non-hydrogen) atoms. The summed E-state index contributed by atoms with van der Waals surface area (Å²) in [6, 6.07) is 0.538. The summed E-state index contributed by atoms with van der Waals surface area (Å²) in [6.07, 6.45) is 0.0903. The van der Waals surface area contributed by atoms with Gasteiger partial charge in [-0.15, -0.1) is 0 Å². The van der Waals surface area contributed by atoms with Gasteiger partial charge in [0, 0.05) is 28.5 Å². The Morgan fingerprint density at radius 3 is 2.72 bits per heavy atom. The summed E-state index contributed by atoms with van der Waals surface area (Å²) in [4.78, 5) is 2.70. The zero-order valence-corrected chi connectivity index (χ0v) is 15.7. The lowest BCUT2D eigenvalue weighted by atomic mass is 9.96. The molecule has 138 valence electrons. The fraction of sp³-hybridized carbons (Fsp3) is 0.625. The van der Waals surface area contributed by atoms with Crippen LogP contribution in [0.4, 0.5) is 8.78 Å². The average Bonchev–Trinajstić information content (AvgIpc) is 2.86. The first-order chi connectivity index (χ1) is 11.5. The number of rotatable bonds is 5. The van der Waals surface area contributed by atoms with Crippen molar-refractivity contribution < 1.29 is 17.7 Å². The molecule has 0 saturated heterocycles. The van der Waals surface area contributed by atoms with Gasteiger partial charge < -0.3 is 4.74 Å². The van der Waals surface area contributed by atoms with Crippen LogP contribution >= 0.6 is 0 Å². The lowest BCUT2D eigenvalue weighted by Crippen LogP contribution is -2.35. The van der Waals surface area contributed by atoms with E-state index in [1.807, 2.05) is 20.8 Å². The monoisotopic (exact) mass is 372 g/mol. The van der Waals surface area contributed by atoms with E-state index in [1.54, 1.807) is 13.8 Å². The Bertz CT molecular complexity index is 759. The van der Waals surface area contributed by atoms with Crippen molar-refractivity contribution in [3.05, 3.63) is 39.3 Å². The minimum absolute atomic E-state index is 0.00555. The van der Waals surface area contributed by atoms with Gasteiger partial charge in [-0.3, -0.25) is 0 Å². The fourth-order valence-corrected chi connectivity index (χ4v) is 3.41. The molecular weight excluding hydrogens is 350 g/mol. The lowest BCUT2D eigenvalue weighted by molar-refractivity contribution is 0.124. The molecule has 0 saturated carbocycles. The standard InChI is InChI=1S/C16H22F2N4O2S/c1-9(21-25(23)15(2,3)4)10-6-12(17)13(18)11-7-16(5,8-20-22-19)24-14(10)11/h6,9,21H,7-8H2,1-5H3/t9-,16?,25?/m1/s1. The molecule has 0 aliphatic carbocycles. The molecular formula is C16H22F2N4O2S. The van der Waals surface area contributed by atoms with Gasteiger partial charge in [0.15, 0.2) is 11.6 Å². The third-order valence-electron chi connectivity index (χ3n) is 3.97. The number of benzene rings is 1. The van der Waals surface area contributed by atoms with Crippen LogP contribution in [0.2, 0.25) is 0 Å². The van der Waals surface area contributed by atoms with E-state index in [2.05, 4.69) is 14.7 Å². The van der Waals surface area contributed by atoms with Crippen molar-refractivity contribution in [2.45, 2.75) is 57.4 Å². The molecule has 1 heterocycles. The normalized spacial score (nSPS) is 21.9. The Labute approximate surface area is 148 Å². The average molecular weight is 372 g/mol. The van der Waals surface area contributed by atoms with Gasteiger partial charge in [-0.05, 0) is 46.2 Å². The van der Waals surface area contributed by atoms with E-state index in [9.17, 15) is 13.0 Å². The summed E-state index contributed by atoms with van der Waals surface area (Å²) < 4.78 is 48.8. The molecule has 0 aromatic heterocycles. The van der Waals surface area contributed by atoms with Crippen molar-refractivity contribution in [2.75, 3.05) is 6.54 Å². The van der Waals surface area contributed by atoms with Crippen LogP contribution in [0.15, 0.2) is 11.2 Å². The first-order valence-corrected chi connectivity index (χ1v) is 9.02. The molecule has 0 fully saturated rings. The Morgan fingerprint density at radius 2 is 2.16 bits per heavy atom. The summed E-state index contributed by atoms with van der Waals surface area (Å²) >= 11 is 0. The van der Waals surface area contributed by atoms with Gasteiger partial charge in [0.05, 0.1) is 22.3 Å². The molecule has 2 unspecified atom stereocenters. The van der Waals surface area contributed by atoms with E-state index in [1.165, 1.54) is 0 Å².